The summed E-state index contributed by atoms with van der Waals surface area (Å²) in [4.78, 5) is 0. The maximum Gasteiger partial charge on any atom is 0.130 e. The van der Waals surface area contributed by atoms with Gasteiger partial charge in [0.1, 0.15) is 17.5 Å². The summed E-state index contributed by atoms with van der Waals surface area (Å²) in [5.41, 5.74) is 6.41. The second-order valence-corrected chi connectivity index (χ2v) is 7.48. The van der Waals surface area contributed by atoms with Crippen molar-refractivity contribution in [2.75, 3.05) is 6.54 Å². The molecule has 4 heteroatoms. The molecule has 0 spiro atoms. The summed E-state index contributed by atoms with van der Waals surface area (Å²) in [6, 6.07) is 6.09. The average molecular weight is 342 g/mol. The molecule has 1 aromatic rings. The van der Waals surface area contributed by atoms with Crippen LogP contribution in [-0.4, -0.2) is 23.9 Å². The molecule has 112 valence electrons. The third-order valence-electron chi connectivity index (χ3n) is 3.70. The summed E-state index contributed by atoms with van der Waals surface area (Å²) in [5, 5.41) is 0. The summed E-state index contributed by atoms with van der Waals surface area (Å²) >= 11 is 3.50. The number of hydrogen-bond donors (Lipinski definition) is 1. The Labute approximate surface area is 130 Å². The van der Waals surface area contributed by atoms with E-state index in [1.165, 1.54) is 0 Å². The lowest BCUT2D eigenvalue weighted by Crippen LogP contribution is -2.37. The monoisotopic (exact) mass is 341 g/mol. The number of halogens is 1. The fourth-order valence-electron chi connectivity index (χ4n) is 2.86. The fraction of sp³-hybridized carbons (Fsp3) is 0.625. The first-order valence-corrected chi connectivity index (χ1v) is 7.88. The molecule has 0 saturated carbocycles. The van der Waals surface area contributed by atoms with Crippen LogP contribution in [0.2, 0.25) is 0 Å². The van der Waals surface area contributed by atoms with Gasteiger partial charge in [-0.2, -0.15) is 0 Å². The van der Waals surface area contributed by atoms with Crippen molar-refractivity contribution in [1.29, 1.82) is 0 Å². The van der Waals surface area contributed by atoms with Gasteiger partial charge in [-0.15, -0.1) is 0 Å². The molecule has 1 heterocycles. The standard InChI is InChI=1S/C16H24BrNO2/c1-15(2)10-14(16(3,4)20-15)19-13-6-5-12(17)9-11(13)7-8-18/h5-6,9,14H,7-8,10,18H2,1-4H3. The normalized spacial score (nSPS) is 23.8. The van der Waals surface area contributed by atoms with Crippen LogP contribution < -0.4 is 10.5 Å². The Morgan fingerprint density at radius 1 is 1.35 bits per heavy atom. The lowest BCUT2D eigenvalue weighted by Gasteiger charge is -2.28. The van der Waals surface area contributed by atoms with Crippen molar-refractivity contribution in [1.82, 2.24) is 0 Å². The summed E-state index contributed by atoms with van der Waals surface area (Å²) in [6.07, 6.45) is 1.75. The highest BCUT2D eigenvalue weighted by Crippen LogP contribution is 2.40. The Morgan fingerprint density at radius 3 is 2.60 bits per heavy atom. The molecule has 0 aliphatic carbocycles. The first kappa shape index (κ1) is 15.8. The molecule has 0 radical (unpaired) electrons. The van der Waals surface area contributed by atoms with Gasteiger partial charge in [0.05, 0.1) is 5.60 Å². The highest BCUT2D eigenvalue weighted by atomic mass is 79.9. The van der Waals surface area contributed by atoms with Crippen LogP contribution in [0.3, 0.4) is 0 Å². The zero-order valence-corrected chi connectivity index (χ0v) is 14.3. The Kier molecular flexibility index (Phi) is 4.47. The summed E-state index contributed by atoms with van der Waals surface area (Å²) in [5.74, 6) is 0.915. The highest BCUT2D eigenvalue weighted by Gasteiger charge is 2.47. The molecule has 20 heavy (non-hydrogen) atoms. The zero-order valence-electron chi connectivity index (χ0n) is 12.7. The SMILES string of the molecule is CC1(C)CC(Oc2ccc(Br)cc2CCN)C(C)(C)O1. The van der Waals surface area contributed by atoms with Gasteiger partial charge in [0.25, 0.3) is 0 Å². The van der Waals surface area contributed by atoms with Crippen molar-refractivity contribution in [3.63, 3.8) is 0 Å². The van der Waals surface area contributed by atoms with Crippen LogP contribution in [0.5, 0.6) is 5.75 Å². The summed E-state index contributed by atoms with van der Waals surface area (Å²) < 4.78 is 13.4. The fourth-order valence-corrected chi connectivity index (χ4v) is 3.27. The van der Waals surface area contributed by atoms with Gasteiger partial charge >= 0.3 is 0 Å². The van der Waals surface area contributed by atoms with Gasteiger partial charge in [0.2, 0.25) is 0 Å². The van der Waals surface area contributed by atoms with Crippen LogP contribution in [0, 0.1) is 0 Å². The van der Waals surface area contributed by atoms with Gasteiger partial charge in [-0.3, -0.25) is 0 Å². The van der Waals surface area contributed by atoms with E-state index in [9.17, 15) is 0 Å². The first-order chi connectivity index (χ1) is 9.23. The second kappa shape index (κ2) is 5.66. The Balaban J connectivity index is 2.22. The second-order valence-electron chi connectivity index (χ2n) is 6.57. The maximum absolute atomic E-state index is 6.26. The summed E-state index contributed by atoms with van der Waals surface area (Å²) in [6.45, 7) is 9.02. The molecule has 1 atom stereocenters. The molecule has 1 aliphatic rings. The van der Waals surface area contributed by atoms with Crippen LogP contribution in [0.15, 0.2) is 22.7 Å². The molecule has 2 rings (SSSR count). The predicted molar refractivity (Wildman–Crippen MR) is 85.2 cm³/mol. The lowest BCUT2D eigenvalue weighted by molar-refractivity contribution is -0.0846. The number of benzene rings is 1. The van der Waals surface area contributed by atoms with E-state index >= 15 is 0 Å². The van der Waals surface area contributed by atoms with Crippen molar-refractivity contribution in [2.45, 2.75) is 57.8 Å². The Hall–Kier alpha value is -0.580. The third-order valence-corrected chi connectivity index (χ3v) is 4.19. The molecule has 1 fully saturated rings. The minimum Gasteiger partial charge on any atom is -0.487 e. The van der Waals surface area contributed by atoms with E-state index < -0.39 is 0 Å². The molecule has 0 bridgehead atoms. The van der Waals surface area contributed by atoms with E-state index in [1.807, 2.05) is 12.1 Å². The molecule has 1 saturated heterocycles. The van der Waals surface area contributed by atoms with E-state index in [2.05, 4.69) is 49.7 Å². The van der Waals surface area contributed by atoms with Gasteiger partial charge in [-0.05, 0) is 64.4 Å². The van der Waals surface area contributed by atoms with E-state index in [1.54, 1.807) is 0 Å². The molecule has 0 aromatic heterocycles. The van der Waals surface area contributed by atoms with Gasteiger partial charge < -0.3 is 15.2 Å². The quantitative estimate of drug-likeness (QED) is 0.908. The third kappa shape index (κ3) is 3.54. The Morgan fingerprint density at radius 2 is 2.05 bits per heavy atom. The number of hydrogen-bond acceptors (Lipinski definition) is 3. The molecule has 2 N–H and O–H groups in total. The van der Waals surface area contributed by atoms with Gasteiger partial charge in [0.15, 0.2) is 0 Å². The van der Waals surface area contributed by atoms with Crippen molar-refractivity contribution in [3.8, 4) is 5.75 Å². The van der Waals surface area contributed by atoms with E-state index in [-0.39, 0.29) is 17.3 Å². The molecule has 1 unspecified atom stereocenters. The molecular formula is C16H24BrNO2. The van der Waals surface area contributed by atoms with E-state index in [4.69, 9.17) is 15.2 Å². The largest absolute Gasteiger partial charge is 0.487 e. The molecule has 1 aromatic carbocycles. The maximum atomic E-state index is 6.26. The minimum atomic E-state index is -0.281. The van der Waals surface area contributed by atoms with Crippen LogP contribution in [0.1, 0.15) is 39.7 Å². The van der Waals surface area contributed by atoms with Crippen molar-refractivity contribution < 1.29 is 9.47 Å². The first-order valence-electron chi connectivity index (χ1n) is 7.09. The number of nitrogens with two attached hydrogens (primary N) is 1. The van der Waals surface area contributed by atoms with Crippen molar-refractivity contribution in [2.24, 2.45) is 5.73 Å². The van der Waals surface area contributed by atoms with E-state index in [0.717, 1.165) is 28.6 Å². The number of ether oxygens (including phenoxy) is 2. The van der Waals surface area contributed by atoms with Crippen LogP contribution in [-0.2, 0) is 11.2 Å². The summed E-state index contributed by atoms with van der Waals surface area (Å²) in [7, 11) is 0. The highest BCUT2D eigenvalue weighted by molar-refractivity contribution is 9.10. The molecule has 3 nitrogen and oxygen atoms in total. The topological polar surface area (TPSA) is 44.5 Å². The molecular weight excluding hydrogens is 318 g/mol. The predicted octanol–water partition coefficient (Wildman–Crippen LogP) is 3.68. The molecule has 1 aliphatic heterocycles. The van der Waals surface area contributed by atoms with Crippen LogP contribution in [0.25, 0.3) is 0 Å². The Bertz CT molecular complexity index is 485. The zero-order chi connectivity index (χ0) is 15.0. The molecule has 0 amide bonds. The van der Waals surface area contributed by atoms with Gasteiger partial charge in [-0.1, -0.05) is 15.9 Å². The smallest absolute Gasteiger partial charge is 0.130 e. The number of rotatable bonds is 4. The van der Waals surface area contributed by atoms with E-state index in [0.29, 0.717) is 6.54 Å². The van der Waals surface area contributed by atoms with Gasteiger partial charge in [-0.25, -0.2) is 0 Å². The lowest BCUT2D eigenvalue weighted by atomic mass is 9.97. The van der Waals surface area contributed by atoms with Crippen molar-refractivity contribution >= 4 is 15.9 Å². The van der Waals surface area contributed by atoms with Crippen LogP contribution in [0.4, 0.5) is 0 Å². The minimum absolute atomic E-state index is 0.0511. The van der Waals surface area contributed by atoms with Gasteiger partial charge in [0, 0.05) is 10.9 Å². The van der Waals surface area contributed by atoms with Crippen molar-refractivity contribution in [3.05, 3.63) is 28.2 Å². The average Bonchev–Trinajstić information content (AvgIpc) is 2.50. The van der Waals surface area contributed by atoms with Crippen LogP contribution >= 0.6 is 15.9 Å².